The van der Waals surface area contributed by atoms with Crippen molar-refractivity contribution in [2.45, 2.75) is 51.7 Å². The van der Waals surface area contributed by atoms with Crippen molar-refractivity contribution in [3.05, 3.63) is 34.8 Å². The van der Waals surface area contributed by atoms with Crippen molar-refractivity contribution < 1.29 is 13.9 Å². The van der Waals surface area contributed by atoms with Gasteiger partial charge in [0.2, 0.25) is 0 Å². The van der Waals surface area contributed by atoms with Crippen LogP contribution in [0.2, 0.25) is 0 Å². The van der Waals surface area contributed by atoms with Crippen LogP contribution >= 0.6 is 0 Å². The molecular weight excluding hydrogens is 228 g/mol. The second kappa shape index (κ2) is 3.82. The van der Waals surface area contributed by atoms with Gasteiger partial charge < -0.3 is 9.15 Å². The molecule has 0 saturated carbocycles. The van der Waals surface area contributed by atoms with Crippen molar-refractivity contribution in [2.24, 2.45) is 0 Å². The highest BCUT2D eigenvalue weighted by atomic mass is 16.6. The molecule has 18 heavy (non-hydrogen) atoms. The molecule has 0 N–H and O–H groups in total. The van der Waals surface area contributed by atoms with Gasteiger partial charge in [0.15, 0.2) is 5.78 Å². The van der Waals surface area contributed by atoms with Crippen molar-refractivity contribution in [1.82, 2.24) is 0 Å². The lowest BCUT2D eigenvalue weighted by molar-refractivity contribution is 0.0951. The zero-order chi connectivity index (χ0) is 12.9. The fourth-order valence-electron chi connectivity index (χ4n) is 2.78. The molecule has 0 radical (unpaired) electrons. The van der Waals surface area contributed by atoms with E-state index in [1.165, 1.54) is 5.57 Å². The molecule has 2 aliphatic rings. The number of epoxide rings is 1. The highest BCUT2D eigenvalue weighted by Gasteiger charge is 2.56. The molecule has 0 aromatic carbocycles. The number of hydrogen-bond acceptors (Lipinski definition) is 3. The standard InChI is InChI=1S/C15H18O3/c1-9-5-4-6-15(3)14(18-15)13(16)12-10(2)8-17-11(12)7-9/h5,8,14H,4,6-7H2,1-3H3/t14-,15-/m0/s1. The van der Waals surface area contributed by atoms with Gasteiger partial charge in [-0.15, -0.1) is 0 Å². The van der Waals surface area contributed by atoms with Gasteiger partial charge >= 0.3 is 0 Å². The number of carbonyl (C=O) groups excluding carboxylic acids is 1. The van der Waals surface area contributed by atoms with Crippen LogP contribution in [0.15, 0.2) is 22.3 Å². The van der Waals surface area contributed by atoms with Crippen LogP contribution in [0, 0.1) is 6.92 Å². The lowest BCUT2D eigenvalue weighted by Gasteiger charge is -2.08. The molecule has 96 valence electrons. The van der Waals surface area contributed by atoms with Crippen molar-refractivity contribution in [2.75, 3.05) is 0 Å². The van der Waals surface area contributed by atoms with Gasteiger partial charge in [0.25, 0.3) is 0 Å². The first-order valence-corrected chi connectivity index (χ1v) is 6.46. The third-order valence-electron chi connectivity index (χ3n) is 3.99. The number of ketones is 1. The predicted octanol–water partition coefficient (Wildman–Crippen LogP) is 3.21. The van der Waals surface area contributed by atoms with E-state index in [1.807, 2.05) is 13.8 Å². The molecule has 1 aromatic rings. The Morgan fingerprint density at radius 3 is 2.94 bits per heavy atom. The van der Waals surface area contributed by atoms with E-state index in [0.29, 0.717) is 0 Å². The number of hydrogen-bond donors (Lipinski definition) is 0. The first kappa shape index (κ1) is 11.7. The summed E-state index contributed by atoms with van der Waals surface area (Å²) in [5, 5.41) is 0. The number of rotatable bonds is 0. The van der Waals surface area contributed by atoms with E-state index < -0.39 is 0 Å². The number of Topliss-reactive ketones (excluding diaryl/α,β-unsaturated/α-hetero) is 1. The first-order chi connectivity index (χ1) is 8.51. The van der Waals surface area contributed by atoms with Crippen LogP contribution in [0.5, 0.6) is 0 Å². The summed E-state index contributed by atoms with van der Waals surface area (Å²) in [6.45, 7) is 6.03. The largest absolute Gasteiger partial charge is 0.468 e. The van der Waals surface area contributed by atoms with Crippen LogP contribution in [-0.4, -0.2) is 17.5 Å². The second-order valence-electron chi connectivity index (χ2n) is 5.66. The van der Waals surface area contributed by atoms with Crippen molar-refractivity contribution in [3.8, 4) is 0 Å². The van der Waals surface area contributed by atoms with Crippen molar-refractivity contribution >= 4 is 5.78 Å². The first-order valence-electron chi connectivity index (χ1n) is 6.46. The van der Waals surface area contributed by atoms with Gasteiger partial charge in [-0.3, -0.25) is 4.79 Å². The van der Waals surface area contributed by atoms with Crippen LogP contribution < -0.4 is 0 Å². The molecule has 1 aromatic heterocycles. The Kier molecular flexibility index (Phi) is 2.49. The molecule has 1 saturated heterocycles. The topological polar surface area (TPSA) is 42.7 Å². The molecule has 1 aliphatic heterocycles. The number of ether oxygens (including phenoxy) is 1. The molecule has 0 unspecified atom stereocenters. The molecule has 0 bridgehead atoms. The zero-order valence-corrected chi connectivity index (χ0v) is 11.1. The molecule has 2 atom stereocenters. The van der Waals surface area contributed by atoms with Crippen LogP contribution in [0.4, 0.5) is 0 Å². The molecule has 0 amide bonds. The third kappa shape index (κ3) is 1.74. The highest BCUT2D eigenvalue weighted by molar-refractivity contribution is 6.04. The summed E-state index contributed by atoms with van der Waals surface area (Å²) in [6.07, 6.45) is 6.21. The van der Waals surface area contributed by atoms with E-state index in [4.69, 9.17) is 9.15 Å². The van der Waals surface area contributed by atoms with Crippen LogP contribution in [0.3, 0.4) is 0 Å². The van der Waals surface area contributed by atoms with E-state index in [1.54, 1.807) is 6.26 Å². The van der Waals surface area contributed by atoms with E-state index in [9.17, 15) is 4.79 Å². The monoisotopic (exact) mass is 246 g/mol. The molecule has 1 aliphatic carbocycles. The minimum atomic E-state index is -0.278. The fraction of sp³-hybridized carbons (Fsp3) is 0.533. The predicted molar refractivity (Wildman–Crippen MR) is 67.7 cm³/mol. The average Bonchev–Trinajstić information content (AvgIpc) is 2.84. The summed E-state index contributed by atoms with van der Waals surface area (Å²) < 4.78 is 11.2. The normalized spacial score (nSPS) is 31.4. The Morgan fingerprint density at radius 1 is 1.39 bits per heavy atom. The van der Waals surface area contributed by atoms with Gasteiger partial charge in [0.05, 0.1) is 11.8 Å². The molecule has 3 rings (SSSR count). The number of furan rings is 1. The Bertz CT molecular complexity index is 538. The molecular formula is C15H18O3. The molecule has 3 heteroatoms. The van der Waals surface area contributed by atoms with Crippen LogP contribution in [-0.2, 0) is 11.2 Å². The summed E-state index contributed by atoms with van der Waals surface area (Å²) >= 11 is 0. The minimum absolute atomic E-state index is 0.0912. The van der Waals surface area contributed by atoms with Gasteiger partial charge in [-0.2, -0.15) is 0 Å². The molecule has 2 heterocycles. The Labute approximate surface area is 107 Å². The smallest absolute Gasteiger partial charge is 0.198 e. The maximum atomic E-state index is 12.5. The van der Waals surface area contributed by atoms with Crippen molar-refractivity contribution in [1.29, 1.82) is 0 Å². The molecule has 0 spiro atoms. The summed E-state index contributed by atoms with van der Waals surface area (Å²) in [7, 11) is 0. The second-order valence-corrected chi connectivity index (χ2v) is 5.66. The van der Waals surface area contributed by atoms with Crippen molar-refractivity contribution in [3.63, 3.8) is 0 Å². The number of aryl methyl sites for hydroxylation is 1. The number of allylic oxidation sites excluding steroid dienone is 2. The highest BCUT2D eigenvalue weighted by Crippen LogP contribution is 2.43. The van der Waals surface area contributed by atoms with Gasteiger partial charge in [-0.25, -0.2) is 0 Å². The van der Waals surface area contributed by atoms with E-state index in [2.05, 4.69) is 13.0 Å². The SMILES string of the molecule is CC1=CCC[C@]2(C)O[C@H]2C(=O)c2c(C)coc2C1. The quantitative estimate of drug-likeness (QED) is 0.521. The maximum Gasteiger partial charge on any atom is 0.198 e. The van der Waals surface area contributed by atoms with Gasteiger partial charge in [0, 0.05) is 6.42 Å². The minimum Gasteiger partial charge on any atom is -0.468 e. The fourth-order valence-corrected chi connectivity index (χ4v) is 2.78. The van der Waals surface area contributed by atoms with Gasteiger partial charge in [-0.1, -0.05) is 11.6 Å². The Balaban J connectivity index is 2.05. The molecule has 3 nitrogen and oxygen atoms in total. The average molecular weight is 246 g/mol. The zero-order valence-electron chi connectivity index (χ0n) is 11.1. The summed E-state index contributed by atoms with van der Waals surface area (Å²) in [5.41, 5.74) is 2.63. The molecule has 1 fully saturated rings. The Hall–Kier alpha value is -1.35. The number of fused-ring (bicyclic) bond motifs is 2. The summed E-state index contributed by atoms with van der Waals surface area (Å²) in [5.74, 6) is 0.874. The van der Waals surface area contributed by atoms with Crippen LogP contribution in [0.1, 0.15) is 48.4 Å². The van der Waals surface area contributed by atoms with E-state index in [-0.39, 0.29) is 17.5 Å². The van der Waals surface area contributed by atoms with Gasteiger partial charge in [-0.05, 0) is 39.2 Å². The summed E-state index contributed by atoms with van der Waals surface area (Å²) in [4.78, 5) is 12.5. The third-order valence-corrected chi connectivity index (χ3v) is 3.99. The number of carbonyl (C=O) groups is 1. The Morgan fingerprint density at radius 2 is 2.17 bits per heavy atom. The maximum absolute atomic E-state index is 12.5. The van der Waals surface area contributed by atoms with Crippen LogP contribution in [0.25, 0.3) is 0 Å². The lowest BCUT2D eigenvalue weighted by atomic mass is 9.91. The van der Waals surface area contributed by atoms with Gasteiger partial charge in [0.1, 0.15) is 17.5 Å². The van der Waals surface area contributed by atoms with E-state index in [0.717, 1.165) is 36.1 Å². The summed E-state index contributed by atoms with van der Waals surface area (Å²) in [6, 6.07) is 0. The van der Waals surface area contributed by atoms with E-state index >= 15 is 0 Å². The lowest BCUT2D eigenvalue weighted by Crippen LogP contribution is -2.20.